The predicted octanol–water partition coefficient (Wildman–Crippen LogP) is 2.30. The minimum atomic E-state index is 0.0389. The highest BCUT2D eigenvalue weighted by Crippen LogP contribution is 2.30. The lowest BCUT2D eigenvalue weighted by Gasteiger charge is -2.09. The van der Waals surface area contributed by atoms with Crippen molar-refractivity contribution < 1.29 is 5.11 Å². The molecule has 1 aliphatic rings. The highest BCUT2D eigenvalue weighted by Gasteiger charge is 2.16. The largest absolute Gasteiger partial charge is 0.506 e. The van der Waals surface area contributed by atoms with Crippen LogP contribution >= 0.6 is 0 Å². The summed E-state index contributed by atoms with van der Waals surface area (Å²) in [7, 11) is 0. The van der Waals surface area contributed by atoms with Crippen LogP contribution in [0, 0.1) is 0 Å². The van der Waals surface area contributed by atoms with Gasteiger partial charge in [-0.2, -0.15) is 0 Å². The summed E-state index contributed by atoms with van der Waals surface area (Å²) < 4.78 is 0. The van der Waals surface area contributed by atoms with E-state index in [4.69, 9.17) is 0 Å². The van der Waals surface area contributed by atoms with Crippen molar-refractivity contribution >= 4 is 23.1 Å². The first kappa shape index (κ1) is 11.2. The molecular formula is C18H13NO. The number of rotatable bonds is 1. The summed E-state index contributed by atoms with van der Waals surface area (Å²) in [4.78, 5) is 4.63. The Morgan fingerprint density at radius 3 is 2.25 bits per heavy atom. The van der Waals surface area contributed by atoms with E-state index in [0.717, 1.165) is 16.6 Å². The molecule has 0 atom stereocenters. The van der Waals surface area contributed by atoms with Crippen molar-refractivity contribution in [3.05, 3.63) is 70.7 Å². The van der Waals surface area contributed by atoms with Gasteiger partial charge in [0.2, 0.25) is 0 Å². The Balaban J connectivity index is 1.92. The summed E-state index contributed by atoms with van der Waals surface area (Å²) in [6.45, 7) is 0. The number of nitrogens with zero attached hydrogens (tertiary/aromatic N) is 1. The Morgan fingerprint density at radius 1 is 0.850 bits per heavy atom. The Hall–Kier alpha value is -2.61. The summed E-state index contributed by atoms with van der Waals surface area (Å²) >= 11 is 0. The summed E-state index contributed by atoms with van der Waals surface area (Å²) in [5.41, 5.74) is 1.64. The maximum atomic E-state index is 10.2. The fourth-order valence-corrected chi connectivity index (χ4v) is 2.77. The van der Waals surface area contributed by atoms with E-state index in [1.54, 1.807) is 6.07 Å². The molecule has 0 spiro atoms. The zero-order valence-corrected chi connectivity index (χ0v) is 10.8. The average Bonchev–Trinajstić information content (AvgIpc) is 2.90. The quantitative estimate of drug-likeness (QED) is 0.727. The second-order valence-corrected chi connectivity index (χ2v) is 5.07. The fourth-order valence-electron chi connectivity index (χ4n) is 2.77. The van der Waals surface area contributed by atoms with Gasteiger partial charge in [0.05, 0.1) is 11.2 Å². The zero-order valence-electron chi connectivity index (χ0n) is 10.8. The number of benzene rings is 2. The number of pyridine rings is 1. The molecule has 1 aliphatic carbocycles. The van der Waals surface area contributed by atoms with Crippen LogP contribution in [-0.2, 0) is 0 Å². The molecule has 2 heteroatoms. The molecule has 96 valence electrons. The van der Waals surface area contributed by atoms with Gasteiger partial charge in [0, 0.05) is 11.3 Å². The van der Waals surface area contributed by atoms with E-state index >= 15 is 0 Å². The van der Waals surface area contributed by atoms with Gasteiger partial charge in [-0.3, -0.25) is 0 Å². The first-order chi connectivity index (χ1) is 9.81. The Kier molecular flexibility index (Phi) is 2.36. The van der Waals surface area contributed by atoms with Crippen LogP contribution in [0.3, 0.4) is 0 Å². The van der Waals surface area contributed by atoms with Crippen molar-refractivity contribution in [1.82, 2.24) is 4.98 Å². The van der Waals surface area contributed by atoms with Crippen molar-refractivity contribution in [2.24, 2.45) is 0 Å². The summed E-state index contributed by atoms with van der Waals surface area (Å²) in [5.74, 6) is 0.297. The molecule has 1 aromatic heterocycles. The standard InChI is InChI=1S/C18H13NO/c20-17-11-14-7-3-4-8-16(14)19-18(17)15-9-12-5-1-2-6-13(12)10-15/h1-11,15,20H. The van der Waals surface area contributed by atoms with Gasteiger partial charge < -0.3 is 5.11 Å². The first-order valence-electron chi connectivity index (χ1n) is 6.69. The zero-order chi connectivity index (χ0) is 13.5. The summed E-state index contributed by atoms with van der Waals surface area (Å²) in [6.07, 6.45) is 4.29. The van der Waals surface area contributed by atoms with Gasteiger partial charge in [0.1, 0.15) is 5.75 Å². The number of para-hydroxylation sites is 1. The second kappa shape index (κ2) is 4.20. The molecule has 1 heterocycles. The maximum absolute atomic E-state index is 10.2. The number of aromatic nitrogens is 1. The molecule has 0 fully saturated rings. The van der Waals surface area contributed by atoms with Crippen LogP contribution < -0.4 is 10.4 Å². The smallest absolute Gasteiger partial charge is 0.138 e. The molecule has 0 bridgehead atoms. The average molecular weight is 259 g/mol. The SMILES string of the molecule is Oc1cc2ccccc2nc1C1C=c2ccccc2=C1. The van der Waals surface area contributed by atoms with Crippen LogP contribution in [0.4, 0.5) is 0 Å². The predicted molar refractivity (Wildman–Crippen MR) is 80.8 cm³/mol. The lowest BCUT2D eigenvalue weighted by atomic mass is 10.0. The van der Waals surface area contributed by atoms with Crippen LogP contribution in [0.2, 0.25) is 0 Å². The number of aromatic hydroxyl groups is 1. The Bertz CT molecular complexity index is 893. The molecule has 0 radical (unpaired) electrons. The molecule has 0 saturated heterocycles. The molecule has 0 aliphatic heterocycles. The van der Waals surface area contributed by atoms with Gasteiger partial charge in [-0.25, -0.2) is 4.98 Å². The van der Waals surface area contributed by atoms with E-state index in [1.165, 1.54) is 10.4 Å². The Labute approximate surface area is 116 Å². The number of hydrogen-bond donors (Lipinski definition) is 1. The first-order valence-corrected chi connectivity index (χ1v) is 6.69. The van der Waals surface area contributed by atoms with Crippen LogP contribution in [0.25, 0.3) is 23.1 Å². The van der Waals surface area contributed by atoms with Gasteiger partial charge in [0.15, 0.2) is 0 Å². The van der Waals surface area contributed by atoms with Crippen molar-refractivity contribution in [3.8, 4) is 5.75 Å². The van der Waals surface area contributed by atoms with E-state index in [2.05, 4.69) is 29.3 Å². The third-order valence-electron chi connectivity index (χ3n) is 3.76. The highest BCUT2D eigenvalue weighted by atomic mass is 16.3. The fraction of sp³-hybridized carbons (Fsp3) is 0.0556. The van der Waals surface area contributed by atoms with Gasteiger partial charge in [0.25, 0.3) is 0 Å². The highest BCUT2D eigenvalue weighted by molar-refractivity contribution is 5.81. The molecule has 0 saturated carbocycles. The molecule has 4 rings (SSSR count). The minimum absolute atomic E-state index is 0.0389. The Morgan fingerprint density at radius 2 is 1.50 bits per heavy atom. The summed E-state index contributed by atoms with van der Waals surface area (Å²) in [6, 6.07) is 17.9. The molecule has 0 unspecified atom stereocenters. The van der Waals surface area contributed by atoms with Gasteiger partial charge in [-0.15, -0.1) is 0 Å². The van der Waals surface area contributed by atoms with Gasteiger partial charge in [-0.05, 0) is 22.6 Å². The van der Waals surface area contributed by atoms with E-state index in [9.17, 15) is 5.11 Å². The minimum Gasteiger partial charge on any atom is -0.506 e. The lowest BCUT2D eigenvalue weighted by molar-refractivity contribution is 0.466. The second-order valence-electron chi connectivity index (χ2n) is 5.07. The number of hydrogen-bond acceptors (Lipinski definition) is 2. The molecule has 2 nitrogen and oxygen atoms in total. The van der Waals surface area contributed by atoms with Gasteiger partial charge >= 0.3 is 0 Å². The molecule has 1 N–H and O–H groups in total. The van der Waals surface area contributed by atoms with Crippen LogP contribution in [0.1, 0.15) is 11.6 Å². The third kappa shape index (κ3) is 1.69. The van der Waals surface area contributed by atoms with Crippen LogP contribution in [0.5, 0.6) is 5.75 Å². The molecule has 3 aromatic rings. The van der Waals surface area contributed by atoms with E-state index in [-0.39, 0.29) is 11.7 Å². The number of fused-ring (bicyclic) bond motifs is 2. The van der Waals surface area contributed by atoms with Gasteiger partial charge in [-0.1, -0.05) is 54.6 Å². The molecule has 2 aromatic carbocycles. The van der Waals surface area contributed by atoms with Crippen molar-refractivity contribution in [1.29, 1.82) is 0 Å². The molecule has 20 heavy (non-hydrogen) atoms. The van der Waals surface area contributed by atoms with Crippen LogP contribution in [0.15, 0.2) is 54.6 Å². The molecular weight excluding hydrogens is 246 g/mol. The summed E-state index contributed by atoms with van der Waals surface area (Å²) in [5, 5.41) is 13.6. The molecule has 0 amide bonds. The van der Waals surface area contributed by atoms with Crippen molar-refractivity contribution in [3.63, 3.8) is 0 Å². The van der Waals surface area contributed by atoms with E-state index in [1.807, 2.05) is 36.4 Å². The van der Waals surface area contributed by atoms with Crippen molar-refractivity contribution in [2.75, 3.05) is 0 Å². The normalized spacial score (nSPS) is 13.8. The monoisotopic (exact) mass is 259 g/mol. The maximum Gasteiger partial charge on any atom is 0.138 e. The third-order valence-corrected chi connectivity index (χ3v) is 3.76. The van der Waals surface area contributed by atoms with E-state index in [0.29, 0.717) is 0 Å². The lowest BCUT2D eigenvalue weighted by Crippen LogP contribution is -2.19. The van der Waals surface area contributed by atoms with Crippen LogP contribution in [-0.4, -0.2) is 10.1 Å². The van der Waals surface area contributed by atoms with E-state index < -0.39 is 0 Å². The topological polar surface area (TPSA) is 33.1 Å². The van der Waals surface area contributed by atoms with Crippen molar-refractivity contribution in [2.45, 2.75) is 5.92 Å².